The Morgan fingerprint density at radius 3 is 1.78 bits per heavy atom. The van der Waals surface area contributed by atoms with Crippen LogP contribution < -0.4 is 4.90 Å². The molecule has 0 radical (unpaired) electrons. The first-order valence-corrected chi connectivity index (χ1v) is 20.9. The molecule has 0 saturated carbocycles. The van der Waals surface area contributed by atoms with Crippen molar-refractivity contribution >= 4 is 81.6 Å². The molecule has 0 fully saturated rings. The fraction of sp³-hybridized carbons (Fsp3) is 0. The monoisotopic (exact) mass is 786 g/mol. The van der Waals surface area contributed by atoms with E-state index in [4.69, 9.17) is 13.8 Å². The number of hydrogen-bond acceptors (Lipinski definition) is 5. The number of furan rings is 1. The zero-order valence-electron chi connectivity index (χ0n) is 32.2. The van der Waals surface area contributed by atoms with Gasteiger partial charge in [-0.1, -0.05) is 140 Å². The lowest BCUT2D eigenvalue weighted by atomic mass is 10.00. The van der Waals surface area contributed by atoms with Crippen molar-refractivity contribution in [2.75, 3.05) is 4.90 Å². The van der Waals surface area contributed by atoms with Gasteiger partial charge in [0.2, 0.25) is 5.89 Å². The number of fused-ring (bicyclic) bond motifs is 8. The number of benzene rings is 9. The van der Waals surface area contributed by atoms with E-state index >= 15 is 0 Å². The van der Waals surface area contributed by atoms with E-state index in [2.05, 4.69) is 175 Å². The lowest BCUT2D eigenvalue weighted by molar-refractivity contribution is 0.615. The highest BCUT2D eigenvalue weighted by Gasteiger charge is 2.20. The first-order valence-electron chi connectivity index (χ1n) is 20.1. The molecular weight excluding hydrogens is 753 g/mol. The number of para-hydroxylation sites is 3. The fourth-order valence-electron chi connectivity index (χ4n) is 8.60. The van der Waals surface area contributed by atoms with Crippen molar-refractivity contribution < 1.29 is 8.83 Å². The summed E-state index contributed by atoms with van der Waals surface area (Å²) in [4.78, 5) is 7.46. The molecule has 12 aromatic rings. The van der Waals surface area contributed by atoms with E-state index in [1.165, 1.54) is 37.0 Å². The Morgan fingerprint density at radius 1 is 0.383 bits per heavy atom. The van der Waals surface area contributed by atoms with E-state index < -0.39 is 0 Å². The quantitative estimate of drug-likeness (QED) is 0.161. The van der Waals surface area contributed by atoms with E-state index in [0.29, 0.717) is 5.89 Å². The molecule has 3 aromatic heterocycles. The van der Waals surface area contributed by atoms with Crippen LogP contribution in [-0.4, -0.2) is 4.98 Å². The molecule has 4 nitrogen and oxygen atoms in total. The van der Waals surface area contributed by atoms with Crippen molar-refractivity contribution in [3.05, 3.63) is 206 Å². The maximum Gasteiger partial charge on any atom is 0.231 e. The Balaban J connectivity index is 0.890. The number of anilines is 3. The van der Waals surface area contributed by atoms with E-state index in [0.717, 1.165) is 72.2 Å². The van der Waals surface area contributed by atoms with Gasteiger partial charge in [-0.3, -0.25) is 0 Å². The minimum atomic E-state index is 0.560. The van der Waals surface area contributed by atoms with Gasteiger partial charge in [-0.05, 0) is 100 Å². The minimum absolute atomic E-state index is 0.560. The molecule has 0 bridgehead atoms. The zero-order valence-corrected chi connectivity index (χ0v) is 33.1. The average molecular weight is 787 g/mol. The van der Waals surface area contributed by atoms with Gasteiger partial charge in [0.25, 0.3) is 0 Å². The largest absolute Gasteiger partial charge is 0.455 e. The number of nitrogens with zero attached hydrogens (tertiary/aromatic N) is 2. The first kappa shape index (κ1) is 34.3. The molecule has 0 aliphatic heterocycles. The van der Waals surface area contributed by atoms with Crippen molar-refractivity contribution in [2.45, 2.75) is 0 Å². The Morgan fingerprint density at radius 2 is 0.983 bits per heavy atom. The zero-order chi connectivity index (χ0) is 39.6. The number of oxazole rings is 1. The van der Waals surface area contributed by atoms with Crippen LogP contribution in [0.25, 0.3) is 98.0 Å². The summed E-state index contributed by atoms with van der Waals surface area (Å²) < 4.78 is 15.2. The summed E-state index contributed by atoms with van der Waals surface area (Å²) in [6, 6.07) is 72.9. The summed E-state index contributed by atoms with van der Waals surface area (Å²) in [5, 5.41) is 4.42. The van der Waals surface area contributed by atoms with Crippen LogP contribution in [0.1, 0.15) is 0 Å². The second-order valence-electron chi connectivity index (χ2n) is 15.1. The molecule has 0 aliphatic rings. The number of thiophene rings is 1. The van der Waals surface area contributed by atoms with Crippen molar-refractivity contribution in [3.8, 4) is 44.8 Å². The molecule has 0 atom stereocenters. The molecule has 0 N–H and O–H groups in total. The third-order valence-corrected chi connectivity index (χ3v) is 12.6. The Hall–Kier alpha value is -7.73. The van der Waals surface area contributed by atoms with E-state index in [-0.39, 0.29) is 0 Å². The highest BCUT2D eigenvalue weighted by molar-refractivity contribution is 7.26. The Labute approximate surface area is 349 Å². The second kappa shape index (κ2) is 14.0. The van der Waals surface area contributed by atoms with Crippen LogP contribution in [0.15, 0.2) is 215 Å². The maximum atomic E-state index is 6.46. The van der Waals surface area contributed by atoms with E-state index in [1.807, 2.05) is 36.4 Å². The molecule has 60 heavy (non-hydrogen) atoms. The van der Waals surface area contributed by atoms with Crippen LogP contribution in [0, 0.1) is 0 Å². The second-order valence-corrected chi connectivity index (χ2v) is 16.2. The molecule has 282 valence electrons. The molecule has 0 spiro atoms. The summed E-state index contributed by atoms with van der Waals surface area (Å²) in [5.74, 6) is 0.560. The fourth-order valence-corrected chi connectivity index (χ4v) is 9.75. The van der Waals surface area contributed by atoms with Gasteiger partial charge >= 0.3 is 0 Å². The van der Waals surface area contributed by atoms with Gasteiger partial charge in [0.05, 0.1) is 5.56 Å². The molecule has 0 saturated heterocycles. The van der Waals surface area contributed by atoms with Gasteiger partial charge in [-0.25, -0.2) is 4.98 Å². The van der Waals surface area contributed by atoms with Crippen LogP contribution >= 0.6 is 11.3 Å². The molecule has 12 rings (SSSR count). The summed E-state index contributed by atoms with van der Waals surface area (Å²) in [7, 11) is 0. The molecule has 0 unspecified atom stereocenters. The van der Waals surface area contributed by atoms with Gasteiger partial charge in [-0.15, -0.1) is 11.3 Å². The molecule has 3 heterocycles. The van der Waals surface area contributed by atoms with E-state index in [1.54, 1.807) is 11.3 Å². The molecule has 0 amide bonds. The SMILES string of the molecule is c1ccc(-c2ccc(-c3ccc(N(c4ccccc4)c4cccc(-c5ccc6c(c5)sc5ccc7oc(-c8cccc9c8oc8ccccc89)nc7c56)c4)cc3)cc2)cc1. The number of aromatic nitrogens is 1. The van der Waals surface area contributed by atoms with Crippen molar-refractivity contribution in [1.29, 1.82) is 0 Å². The van der Waals surface area contributed by atoms with Gasteiger partial charge < -0.3 is 13.7 Å². The van der Waals surface area contributed by atoms with Crippen LogP contribution in [0.3, 0.4) is 0 Å². The van der Waals surface area contributed by atoms with Crippen molar-refractivity contribution in [2.24, 2.45) is 0 Å². The van der Waals surface area contributed by atoms with Crippen molar-refractivity contribution in [3.63, 3.8) is 0 Å². The normalized spacial score (nSPS) is 11.7. The predicted octanol–water partition coefficient (Wildman–Crippen LogP) is 16.2. The maximum absolute atomic E-state index is 6.46. The minimum Gasteiger partial charge on any atom is -0.455 e. The van der Waals surface area contributed by atoms with Crippen LogP contribution in [0.5, 0.6) is 0 Å². The highest BCUT2D eigenvalue weighted by atomic mass is 32.1. The topological polar surface area (TPSA) is 42.4 Å². The summed E-state index contributed by atoms with van der Waals surface area (Å²) in [5.41, 5.74) is 14.5. The van der Waals surface area contributed by atoms with Gasteiger partial charge in [-0.2, -0.15) is 0 Å². The van der Waals surface area contributed by atoms with Crippen LogP contribution in [-0.2, 0) is 0 Å². The Kier molecular flexibility index (Phi) is 8.00. The predicted molar refractivity (Wildman–Crippen MR) is 251 cm³/mol. The van der Waals surface area contributed by atoms with Gasteiger partial charge in [0, 0.05) is 48.0 Å². The highest BCUT2D eigenvalue weighted by Crippen LogP contribution is 2.44. The summed E-state index contributed by atoms with van der Waals surface area (Å²) >= 11 is 1.79. The Bertz CT molecular complexity index is 3530. The standard InChI is InChI=1S/C55H34N2O2S/c1-3-11-35(12-4-1)36-21-23-37(24-22-36)38-25-28-42(29-26-38)57(41-14-5-2-6-15-41)43-16-9-13-39(33-43)40-27-30-46-51(34-40)60-50-32-31-49-53(52(46)50)56-55(59-49)47-19-10-18-45-44-17-7-8-20-48(44)58-54(45)47/h1-34H. The third kappa shape index (κ3) is 5.78. The molecule has 0 aliphatic carbocycles. The van der Waals surface area contributed by atoms with Gasteiger partial charge in [0.15, 0.2) is 5.58 Å². The smallest absolute Gasteiger partial charge is 0.231 e. The summed E-state index contributed by atoms with van der Waals surface area (Å²) in [6.45, 7) is 0. The molecular formula is C55H34N2O2S. The lowest BCUT2D eigenvalue weighted by Crippen LogP contribution is -2.09. The number of rotatable bonds is 7. The molecule has 5 heteroatoms. The third-order valence-electron chi connectivity index (χ3n) is 11.5. The molecule has 9 aromatic carbocycles. The van der Waals surface area contributed by atoms with E-state index in [9.17, 15) is 0 Å². The van der Waals surface area contributed by atoms with Crippen LogP contribution in [0.4, 0.5) is 17.1 Å². The first-order chi connectivity index (χ1) is 29.7. The van der Waals surface area contributed by atoms with Gasteiger partial charge in [0.1, 0.15) is 16.7 Å². The van der Waals surface area contributed by atoms with Crippen molar-refractivity contribution in [1.82, 2.24) is 4.98 Å². The number of hydrogen-bond donors (Lipinski definition) is 0. The average Bonchev–Trinajstić information content (AvgIpc) is 4.03. The lowest BCUT2D eigenvalue weighted by Gasteiger charge is -2.26. The van der Waals surface area contributed by atoms with Crippen LogP contribution in [0.2, 0.25) is 0 Å². The summed E-state index contributed by atoms with van der Waals surface area (Å²) in [6.07, 6.45) is 0.